The summed E-state index contributed by atoms with van der Waals surface area (Å²) >= 11 is 0. The van der Waals surface area contributed by atoms with Crippen molar-refractivity contribution in [1.29, 1.82) is 0 Å². The summed E-state index contributed by atoms with van der Waals surface area (Å²) in [4.78, 5) is 11.1. The number of hydrogen-bond donors (Lipinski definition) is 1. The van der Waals surface area contributed by atoms with Crippen LogP contribution < -0.4 is 10.5 Å². The first-order valence-electron chi connectivity index (χ1n) is 7.27. The van der Waals surface area contributed by atoms with Gasteiger partial charge in [0.05, 0.1) is 0 Å². The van der Waals surface area contributed by atoms with E-state index in [0.717, 1.165) is 5.56 Å². The number of primary amides is 1. The summed E-state index contributed by atoms with van der Waals surface area (Å²) in [6.45, 7) is 0.199. The Labute approximate surface area is 134 Å². The van der Waals surface area contributed by atoms with Crippen LogP contribution in [0.4, 0.5) is 0 Å². The van der Waals surface area contributed by atoms with Gasteiger partial charge in [-0.2, -0.15) is 0 Å². The number of hydrogen-bond acceptors (Lipinski definition) is 4. The Kier molecular flexibility index (Phi) is 4.47. The maximum Gasteiger partial charge on any atom is 0.248 e. The van der Waals surface area contributed by atoms with E-state index in [0.29, 0.717) is 23.5 Å². The molecule has 0 saturated heterocycles. The average Bonchev–Trinajstić information content (AvgIpc) is 3.10. The first-order valence-corrected chi connectivity index (χ1v) is 7.27. The summed E-state index contributed by atoms with van der Waals surface area (Å²) in [5.41, 5.74) is 6.81. The molecule has 2 aromatic rings. The van der Waals surface area contributed by atoms with Crippen molar-refractivity contribution in [3.05, 3.63) is 77.7 Å². The lowest BCUT2D eigenvalue weighted by Crippen LogP contribution is -2.23. The summed E-state index contributed by atoms with van der Waals surface area (Å²) < 4.78 is 16.6. The number of benzene rings is 2. The molecule has 1 aliphatic rings. The molecule has 0 spiro atoms. The molecule has 5 nitrogen and oxygen atoms in total. The Hall–Kier alpha value is -2.95. The Morgan fingerprint density at radius 2 is 1.87 bits per heavy atom. The Balaban J connectivity index is 1.76. The van der Waals surface area contributed by atoms with Gasteiger partial charge in [0.1, 0.15) is 12.0 Å². The predicted octanol–water partition coefficient (Wildman–Crippen LogP) is 2.62. The van der Waals surface area contributed by atoms with Gasteiger partial charge in [0.25, 0.3) is 0 Å². The number of rotatable bonds is 6. The molecule has 2 aromatic carbocycles. The number of amides is 1. The molecule has 0 bridgehead atoms. The second kappa shape index (κ2) is 6.87. The monoisotopic (exact) mass is 311 g/mol. The molecule has 1 aliphatic heterocycles. The van der Waals surface area contributed by atoms with Crippen molar-refractivity contribution in [3.8, 4) is 5.75 Å². The Morgan fingerprint density at radius 3 is 2.48 bits per heavy atom. The van der Waals surface area contributed by atoms with Crippen LogP contribution in [-0.4, -0.2) is 18.8 Å². The zero-order chi connectivity index (χ0) is 16.1. The molecule has 1 unspecified atom stereocenters. The number of carbonyl (C=O) groups excluding carboxylic acids is 1. The quantitative estimate of drug-likeness (QED) is 0.890. The van der Waals surface area contributed by atoms with Crippen LogP contribution in [0.2, 0.25) is 0 Å². The fraction of sp³-hybridized carbons (Fsp3) is 0.167. The standard InChI is InChI=1S/C18H17NO4/c19-18(20)14-6-8-15(9-7-14)23-16(17-11-21-12-22-17)10-13-4-2-1-3-5-13/h1-9,11,16H,10,12H2,(H2,19,20). The van der Waals surface area contributed by atoms with Gasteiger partial charge in [-0.25, -0.2) is 0 Å². The number of ether oxygens (including phenoxy) is 3. The van der Waals surface area contributed by atoms with Gasteiger partial charge in [-0.1, -0.05) is 30.3 Å². The topological polar surface area (TPSA) is 70.8 Å². The minimum absolute atomic E-state index is 0.199. The van der Waals surface area contributed by atoms with E-state index in [9.17, 15) is 4.79 Å². The number of carbonyl (C=O) groups is 1. The summed E-state index contributed by atoms with van der Waals surface area (Å²) in [5.74, 6) is 0.813. The predicted molar refractivity (Wildman–Crippen MR) is 84.6 cm³/mol. The molecule has 118 valence electrons. The van der Waals surface area contributed by atoms with Crippen molar-refractivity contribution in [2.45, 2.75) is 12.5 Å². The van der Waals surface area contributed by atoms with Gasteiger partial charge in [0, 0.05) is 12.0 Å². The van der Waals surface area contributed by atoms with Crippen LogP contribution in [0.15, 0.2) is 66.6 Å². The van der Waals surface area contributed by atoms with Gasteiger partial charge in [0.15, 0.2) is 11.9 Å². The Morgan fingerprint density at radius 1 is 1.13 bits per heavy atom. The second-order valence-corrected chi connectivity index (χ2v) is 5.13. The SMILES string of the molecule is NC(=O)c1ccc(OC(Cc2ccccc2)C2=COCO2)cc1. The summed E-state index contributed by atoms with van der Waals surface area (Å²) in [6, 6.07) is 16.7. The van der Waals surface area contributed by atoms with Crippen LogP contribution in [0, 0.1) is 0 Å². The van der Waals surface area contributed by atoms with Crippen LogP contribution in [0.25, 0.3) is 0 Å². The molecule has 0 aliphatic carbocycles. The van der Waals surface area contributed by atoms with Crippen molar-refractivity contribution in [2.75, 3.05) is 6.79 Å². The van der Waals surface area contributed by atoms with E-state index >= 15 is 0 Å². The van der Waals surface area contributed by atoms with Crippen LogP contribution >= 0.6 is 0 Å². The van der Waals surface area contributed by atoms with Gasteiger partial charge in [0.2, 0.25) is 12.7 Å². The molecular weight excluding hydrogens is 294 g/mol. The van der Waals surface area contributed by atoms with E-state index < -0.39 is 5.91 Å². The lowest BCUT2D eigenvalue weighted by molar-refractivity contribution is 0.0557. The van der Waals surface area contributed by atoms with Crippen molar-refractivity contribution in [2.24, 2.45) is 5.73 Å². The third-order valence-electron chi connectivity index (χ3n) is 3.49. The van der Waals surface area contributed by atoms with E-state index in [4.69, 9.17) is 19.9 Å². The molecule has 0 aromatic heterocycles. The van der Waals surface area contributed by atoms with E-state index in [-0.39, 0.29) is 12.9 Å². The van der Waals surface area contributed by atoms with E-state index in [1.54, 1.807) is 30.5 Å². The maximum absolute atomic E-state index is 11.1. The highest BCUT2D eigenvalue weighted by molar-refractivity contribution is 5.92. The highest BCUT2D eigenvalue weighted by atomic mass is 16.7. The van der Waals surface area contributed by atoms with Gasteiger partial charge in [-0.15, -0.1) is 0 Å². The van der Waals surface area contributed by atoms with Crippen LogP contribution in [-0.2, 0) is 15.9 Å². The first kappa shape index (κ1) is 15.0. The molecule has 0 saturated carbocycles. The smallest absolute Gasteiger partial charge is 0.248 e. The lowest BCUT2D eigenvalue weighted by atomic mass is 10.1. The average molecular weight is 311 g/mol. The fourth-order valence-electron chi connectivity index (χ4n) is 2.31. The van der Waals surface area contributed by atoms with Crippen LogP contribution in [0.3, 0.4) is 0 Å². The molecule has 1 atom stereocenters. The third-order valence-corrected chi connectivity index (χ3v) is 3.49. The van der Waals surface area contributed by atoms with Crippen LogP contribution in [0.5, 0.6) is 5.75 Å². The summed E-state index contributed by atoms with van der Waals surface area (Å²) in [5, 5.41) is 0. The lowest BCUT2D eigenvalue weighted by Gasteiger charge is -2.19. The minimum atomic E-state index is -0.465. The zero-order valence-corrected chi connectivity index (χ0v) is 12.5. The molecule has 2 N–H and O–H groups in total. The van der Waals surface area contributed by atoms with Gasteiger partial charge in [-0.05, 0) is 29.8 Å². The van der Waals surface area contributed by atoms with Crippen molar-refractivity contribution in [1.82, 2.24) is 0 Å². The van der Waals surface area contributed by atoms with Crippen LogP contribution in [0.1, 0.15) is 15.9 Å². The zero-order valence-electron chi connectivity index (χ0n) is 12.5. The van der Waals surface area contributed by atoms with E-state index in [2.05, 4.69) is 0 Å². The molecule has 3 rings (SSSR count). The van der Waals surface area contributed by atoms with E-state index in [1.807, 2.05) is 30.3 Å². The molecule has 5 heteroatoms. The number of nitrogens with two attached hydrogens (primary N) is 1. The second-order valence-electron chi connectivity index (χ2n) is 5.13. The van der Waals surface area contributed by atoms with Crippen molar-refractivity contribution in [3.63, 3.8) is 0 Å². The molecule has 0 fully saturated rings. The maximum atomic E-state index is 11.1. The highest BCUT2D eigenvalue weighted by Gasteiger charge is 2.22. The molecule has 0 radical (unpaired) electrons. The Bertz CT molecular complexity index is 695. The fourth-order valence-corrected chi connectivity index (χ4v) is 2.31. The normalized spacial score (nSPS) is 14.3. The van der Waals surface area contributed by atoms with Crippen molar-refractivity contribution < 1.29 is 19.0 Å². The highest BCUT2D eigenvalue weighted by Crippen LogP contribution is 2.22. The summed E-state index contributed by atoms with van der Waals surface area (Å²) in [6.07, 6.45) is 1.92. The van der Waals surface area contributed by atoms with E-state index in [1.165, 1.54) is 0 Å². The third kappa shape index (κ3) is 3.83. The molecule has 23 heavy (non-hydrogen) atoms. The van der Waals surface area contributed by atoms with Crippen molar-refractivity contribution >= 4 is 5.91 Å². The van der Waals surface area contributed by atoms with Gasteiger partial charge >= 0.3 is 0 Å². The van der Waals surface area contributed by atoms with Gasteiger partial charge < -0.3 is 19.9 Å². The molecular formula is C18H17NO4. The molecule has 1 amide bonds. The summed E-state index contributed by atoms with van der Waals surface area (Å²) in [7, 11) is 0. The molecule has 1 heterocycles. The minimum Gasteiger partial charge on any atom is -0.482 e. The first-order chi connectivity index (χ1) is 11.2. The van der Waals surface area contributed by atoms with Gasteiger partial charge in [-0.3, -0.25) is 4.79 Å². The largest absolute Gasteiger partial charge is 0.482 e.